The Labute approximate surface area is 193 Å². The molecule has 4 heterocycles. The number of nitrogens with zero attached hydrogens (tertiary/aromatic N) is 5. The number of hydrogen-bond donors (Lipinski definition) is 0. The first-order valence-corrected chi connectivity index (χ1v) is 11.2. The van der Waals surface area contributed by atoms with Crippen LogP contribution in [0, 0.1) is 20.8 Å². The predicted molar refractivity (Wildman–Crippen MR) is 125 cm³/mol. The maximum atomic E-state index is 13.3. The van der Waals surface area contributed by atoms with E-state index in [1.54, 1.807) is 16.9 Å². The summed E-state index contributed by atoms with van der Waals surface area (Å²) < 4.78 is 7.71. The highest BCUT2D eigenvalue weighted by molar-refractivity contribution is 5.99. The minimum atomic E-state index is -0.268. The summed E-state index contributed by atoms with van der Waals surface area (Å²) in [6.45, 7) is 7.52. The number of amides is 1. The molecular weight excluding hydrogens is 414 g/mol. The SMILES string of the molecule is Cc1cnc2c(C(=O)N3CCOC(c4cc(Cc5ccccc5C)cc(C)n4)C3)cnn2c1. The minimum absolute atomic E-state index is 0.0811. The summed E-state index contributed by atoms with van der Waals surface area (Å²) in [7, 11) is 0. The zero-order valence-corrected chi connectivity index (χ0v) is 19.2. The molecule has 0 aliphatic carbocycles. The Hall–Kier alpha value is -3.58. The lowest BCUT2D eigenvalue weighted by atomic mass is 9.99. The predicted octanol–water partition coefficient (Wildman–Crippen LogP) is 3.85. The number of aryl methyl sites for hydroxylation is 3. The van der Waals surface area contributed by atoms with E-state index in [0.717, 1.165) is 23.4 Å². The van der Waals surface area contributed by atoms with Crippen LogP contribution in [-0.2, 0) is 11.2 Å². The molecule has 1 aliphatic heterocycles. The van der Waals surface area contributed by atoms with Crippen molar-refractivity contribution in [1.29, 1.82) is 0 Å². The average molecular weight is 442 g/mol. The molecule has 33 heavy (non-hydrogen) atoms. The Morgan fingerprint density at radius 1 is 1.15 bits per heavy atom. The summed E-state index contributed by atoms with van der Waals surface area (Å²) in [5, 5.41) is 4.31. The minimum Gasteiger partial charge on any atom is -0.368 e. The standard InChI is InChI=1S/C26H27N5O2/c1-17-13-27-25-22(14-28-31(25)15-17)26(32)30-8-9-33-24(16-30)23-12-20(10-19(3)29-23)11-21-7-5-4-6-18(21)2/h4-7,10,12-15,24H,8-9,11,16H2,1-3H3. The van der Waals surface area contributed by atoms with Crippen molar-refractivity contribution in [1.82, 2.24) is 24.5 Å². The fraction of sp³-hybridized carbons (Fsp3) is 0.308. The third-order valence-electron chi connectivity index (χ3n) is 6.09. The van der Waals surface area contributed by atoms with Crippen molar-refractivity contribution in [2.24, 2.45) is 0 Å². The number of hydrogen-bond acceptors (Lipinski definition) is 5. The third kappa shape index (κ3) is 4.36. The van der Waals surface area contributed by atoms with E-state index in [-0.39, 0.29) is 12.0 Å². The highest BCUT2D eigenvalue weighted by Gasteiger charge is 2.29. The van der Waals surface area contributed by atoms with Crippen LogP contribution in [0.5, 0.6) is 0 Å². The van der Waals surface area contributed by atoms with Crippen molar-refractivity contribution in [3.05, 3.63) is 94.2 Å². The largest absolute Gasteiger partial charge is 0.368 e. The Morgan fingerprint density at radius 2 is 2.00 bits per heavy atom. The lowest BCUT2D eigenvalue weighted by molar-refractivity contribution is -0.0247. The van der Waals surface area contributed by atoms with Gasteiger partial charge in [-0.3, -0.25) is 9.78 Å². The van der Waals surface area contributed by atoms with E-state index in [1.807, 2.05) is 24.9 Å². The summed E-state index contributed by atoms with van der Waals surface area (Å²) >= 11 is 0. The first kappa shape index (κ1) is 21.3. The van der Waals surface area contributed by atoms with E-state index >= 15 is 0 Å². The Balaban J connectivity index is 1.37. The average Bonchev–Trinajstić information content (AvgIpc) is 3.23. The monoisotopic (exact) mass is 441 g/mol. The summed E-state index contributed by atoms with van der Waals surface area (Å²) in [4.78, 5) is 24.3. The van der Waals surface area contributed by atoms with Crippen molar-refractivity contribution < 1.29 is 9.53 Å². The lowest BCUT2D eigenvalue weighted by Crippen LogP contribution is -2.42. The Morgan fingerprint density at radius 3 is 2.85 bits per heavy atom. The van der Waals surface area contributed by atoms with E-state index in [9.17, 15) is 4.79 Å². The van der Waals surface area contributed by atoms with Gasteiger partial charge in [-0.25, -0.2) is 9.50 Å². The molecule has 7 heteroatoms. The molecule has 4 aromatic rings. The number of fused-ring (bicyclic) bond motifs is 1. The van der Waals surface area contributed by atoms with Crippen LogP contribution in [-0.4, -0.2) is 50.1 Å². The molecule has 1 saturated heterocycles. The van der Waals surface area contributed by atoms with Crippen LogP contribution in [0.25, 0.3) is 5.65 Å². The zero-order chi connectivity index (χ0) is 22.9. The van der Waals surface area contributed by atoms with Crippen molar-refractivity contribution >= 4 is 11.6 Å². The first-order chi connectivity index (χ1) is 16.0. The van der Waals surface area contributed by atoms with Gasteiger partial charge in [0.25, 0.3) is 5.91 Å². The molecule has 0 radical (unpaired) electrons. The van der Waals surface area contributed by atoms with Crippen LogP contribution in [0.3, 0.4) is 0 Å². The van der Waals surface area contributed by atoms with Crippen LogP contribution in [0.1, 0.15) is 50.1 Å². The molecular formula is C26H27N5O2. The number of ether oxygens (including phenoxy) is 1. The topological polar surface area (TPSA) is 72.6 Å². The number of aromatic nitrogens is 4. The lowest BCUT2D eigenvalue weighted by Gasteiger charge is -2.32. The summed E-state index contributed by atoms with van der Waals surface area (Å²) in [5.41, 5.74) is 7.65. The van der Waals surface area contributed by atoms with Crippen molar-refractivity contribution in [2.45, 2.75) is 33.3 Å². The van der Waals surface area contributed by atoms with Gasteiger partial charge in [-0.1, -0.05) is 24.3 Å². The van der Waals surface area contributed by atoms with Gasteiger partial charge in [0.2, 0.25) is 0 Å². The molecule has 1 amide bonds. The summed E-state index contributed by atoms with van der Waals surface area (Å²) in [5.74, 6) is -0.0811. The van der Waals surface area contributed by atoms with Gasteiger partial charge in [-0.2, -0.15) is 5.10 Å². The number of pyridine rings is 1. The van der Waals surface area contributed by atoms with Crippen LogP contribution < -0.4 is 0 Å². The summed E-state index contributed by atoms with van der Waals surface area (Å²) in [6.07, 6.45) is 5.79. The van der Waals surface area contributed by atoms with E-state index < -0.39 is 0 Å². The van der Waals surface area contributed by atoms with Gasteiger partial charge in [0, 0.05) is 24.6 Å². The zero-order valence-electron chi connectivity index (χ0n) is 19.2. The maximum Gasteiger partial charge on any atom is 0.259 e. The fourth-order valence-corrected chi connectivity index (χ4v) is 4.37. The molecule has 0 saturated carbocycles. The van der Waals surface area contributed by atoms with Crippen LogP contribution in [0.2, 0.25) is 0 Å². The van der Waals surface area contributed by atoms with Gasteiger partial charge in [0.15, 0.2) is 5.65 Å². The van der Waals surface area contributed by atoms with Crippen molar-refractivity contribution in [2.75, 3.05) is 19.7 Å². The molecule has 5 rings (SSSR count). The van der Waals surface area contributed by atoms with Gasteiger partial charge in [0.05, 0.1) is 25.0 Å². The van der Waals surface area contributed by atoms with Crippen molar-refractivity contribution in [3.63, 3.8) is 0 Å². The molecule has 0 N–H and O–H groups in total. The van der Waals surface area contributed by atoms with E-state index in [4.69, 9.17) is 9.72 Å². The van der Waals surface area contributed by atoms with Gasteiger partial charge in [-0.05, 0) is 61.6 Å². The number of morpholine rings is 1. The quantitative estimate of drug-likeness (QED) is 0.481. The molecule has 3 aromatic heterocycles. The van der Waals surface area contributed by atoms with Crippen LogP contribution >= 0.6 is 0 Å². The van der Waals surface area contributed by atoms with E-state index in [1.165, 1.54) is 16.7 Å². The highest BCUT2D eigenvalue weighted by atomic mass is 16.5. The maximum absolute atomic E-state index is 13.3. The van der Waals surface area contributed by atoms with Crippen LogP contribution in [0.4, 0.5) is 0 Å². The van der Waals surface area contributed by atoms with E-state index in [2.05, 4.69) is 53.4 Å². The summed E-state index contributed by atoms with van der Waals surface area (Å²) in [6, 6.07) is 12.7. The van der Waals surface area contributed by atoms with E-state index in [0.29, 0.717) is 30.9 Å². The molecule has 1 aromatic carbocycles. The third-order valence-corrected chi connectivity index (χ3v) is 6.09. The number of benzene rings is 1. The molecule has 1 unspecified atom stereocenters. The fourth-order valence-electron chi connectivity index (χ4n) is 4.37. The Kier molecular flexibility index (Phi) is 5.64. The second-order valence-electron chi connectivity index (χ2n) is 8.71. The molecule has 1 fully saturated rings. The Bertz CT molecular complexity index is 1330. The van der Waals surface area contributed by atoms with Gasteiger partial charge in [-0.15, -0.1) is 0 Å². The smallest absolute Gasteiger partial charge is 0.259 e. The second kappa shape index (κ2) is 8.75. The van der Waals surface area contributed by atoms with Crippen molar-refractivity contribution in [3.8, 4) is 0 Å². The molecule has 168 valence electrons. The molecule has 1 atom stereocenters. The van der Waals surface area contributed by atoms with Gasteiger partial charge in [0.1, 0.15) is 11.7 Å². The second-order valence-corrected chi connectivity index (χ2v) is 8.71. The highest BCUT2D eigenvalue weighted by Crippen LogP contribution is 2.25. The van der Waals surface area contributed by atoms with Crippen LogP contribution in [0.15, 0.2) is 55.0 Å². The molecule has 1 aliphatic rings. The van der Waals surface area contributed by atoms with Gasteiger partial charge >= 0.3 is 0 Å². The molecule has 0 bridgehead atoms. The normalized spacial score (nSPS) is 16.3. The molecule has 0 spiro atoms. The number of carbonyl (C=O) groups excluding carboxylic acids is 1. The number of carbonyl (C=O) groups is 1. The number of rotatable bonds is 4. The molecule has 7 nitrogen and oxygen atoms in total. The van der Waals surface area contributed by atoms with Gasteiger partial charge < -0.3 is 9.64 Å². The first-order valence-electron chi connectivity index (χ1n) is 11.2.